The van der Waals surface area contributed by atoms with Gasteiger partial charge in [-0.05, 0) is 30.7 Å². The molecule has 0 bridgehead atoms. The van der Waals surface area contributed by atoms with Gasteiger partial charge >= 0.3 is 5.97 Å². The lowest BCUT2D eigenvalue weighted by Gasteiger charge is -2.16. The maximum atomic E-state index is 12.5. The van der Waals surface area contributed by atoms with Crippen molar-refractivity contribution in [3.8, 4) is 5.75 Å². The van der Waals surface area contributed by atoms with Gasteiger partial charge in [0.2, 0.25) is 0 Å². The number of benzene rings is 1. The fourth-order valence-corrected chi connectivity index (χ4v) is 2.94. The molecule has 1 saturated heterocycles. The van der Waals surface area contributed by atoms with Crippen LogP contribution in [0.25, 0.3) is 0 Å². The number of ketones is 1. The molecule has 24 heavy (non-hydrogen) atoms. The third-order valence-electron chi connectivity index (χ3n) is 3.98. The number of fused-ring (bicyclic) bond motifs is 2. The Balaban J connectivity index is 1.97. The number of allylic oxidation sites excluding steroid dienone is 3. The van der Waals surface area contributed by atoms with Crippen LogP contribution in [0.5, 0.6) is 5.75 Å². The van der Waals surface area contributed by atoms with Crippen molar-refractivity contribution in [1.82, 2.24) is 0 Å². The van der Waals surface area contributed by atoms with Gasteiger partial charge in [0.05, 0.1) is 6.10 Å². The molecule has 0 saturated carbocycles. The van der Waals surface area contributed by atoms with Crippen molar-refractivity contribution in [2.24, 2.45) is 0 Å². The van der Waals surface area contributed by atoms with Crippen molar-refractivity contribution in [3.05, 3.63) is 52.6 Å². The van der Waals surface area contributed by atoms with Crippen LogP contribution >= 0.6 is 11.6 Å². The van der Waals surface area contributed by atoms with Gasteiger partial charge in [0.1, 0.15) is 23.5 Å². The van der Waals surface area contributed by atoms with Gasteiger partial charge in [-0.1, -0.05) is 29.8 Å². The molecule has 2 aliphatic heterocycles. The van der Waals surface area contributed by atoms with Gasteiger partial charge in [-0.3, -0.25) is 4.79 Å². The fraction of sp³-hybridized carbons (Fsp3) is 0.333. The minimum Gasteiger partial charge on any atom is -0.507 e. The number of cyclic esters (lactones) is 1. The van der Waals surface area contributed by atoms with E-state index >= 15 is 0 Å². The first kappa shape index (κ1) is 16.7. The number of aromatic hydroxyl groups is 1. The Labute approximate surface area is 144 Å². The third-order valence-corrected chi connectivity index (χ3v) is 4.33. The van der Waals surface area contributed by atoms with Crippen molar-refractivity contribution in [1.29, 1.82) is 0 Å². The average Bonchev–Trinajstić information content (AvgIpc) is 3.24. The van der Waals surface area contributed by atoms with Crippen LogP contribution in [-0.4, -0.2) is 35.2 Å². The van der Waals surface area contributed by atoms with Crippen LogP contribution in [0.1, 0.15) is 29.3 Å². The topological polar surface area (TPSA) is 76.1 Å². The van der Waals surface area contributed by atoms with Crippen molar-refractivity contribution in [3.63, 3.8) is 0 Å². The minimum absolute atomic E-state index is 0.0106. The van der Waals surface area contributed by atoms with Crippen molar-refractivity contribution < 1.29 is 24.2 Å². The van der Waals surface area contributed by atoms with Gasteiger partial charge in [-0.15, -0.1) is 0 Å². The zero-order chi connectivity index (χ0) is 17.3. The number of phenols is 1. The number of ether oxygens (including phenoxy) is 2. The second-order valence-corrected chi connectivity index (χ2v) is 6.31. The standard InChI is InChI=1S/C18H17ClO5/c1-10-8-16-15(24-16)5-3-2-4-11(20)9-12-13(19)6-7-14(21)17(12)18(22)23-10/h2-7,10,15-16,21H,8-9H2,1H3/b4-2+,5-3-/t10-,15-,16?/m1/s1. The van der Waals surface area contributed by atoms with Crippen LogP contribution in [-0.2, 0) is 20.7 Å². The first-order valence-electron chi connectivity index (χ1n) is 7.70. The van der Waals surface area contributed by atoms with Crippen molar-refractivity contribution >= 4 is 23.4 Å². The number of halogens is 1. The molecule has 0 aliphatic carbocycles. The monoisotopic (exact) mass is 348 g/mol. The quantitative estimate of drug-likeness (QED) is 0.576. The van der Waals surface area contributed by atoms with E-state index in [9.17, 15) is 14.7 Å². The number of epoxide rings is 1. The number of carbonyl (C=O) groups is 2. The molecule has 5 nitrogen and oxygen atoms in total. The van der Waals surface area contributed by atoms with E-state index in [4.69, 9.17) is 21.1 Å². The van der Waals surface area contributed by atoms with E-state index in [0.29, 0.717) is 6.42 Å². The Bertz CT molecular complexity index is 737. The molecular formula is C18H17ClO5. The summed E-state index contributed by atoms with van der Waals surface area (Å²) in [6.45, 7) is 1.76. The van der Waals surface area contributed by atoms with E-state index in [2.05, 4.69) is 0 Å². The zero-order valence-corrected chi connectivity index (χ0v) is 13.8. The molecule has 2 aliphatic rings. The molecule has 6 heteroatoms. The van der Waals surface area contributed by atoms with Gasteiger partial charge in [0, 0.05) is 17.9 Å². The van der Waals surface area contributed by atoms with Gasteiger partial charge in [-0.2, -0.15) is 0 Å². The van der Waals surface area contributed by atoms with Gasteiger partial charge in [-0.25, -0.2) is 4.79 Å². The molecule has 0 amide bonds. The summed E-state index contributed by atoms with van der Waals surface area (Å²) in [6, 6.07) is 2.77. The Morgan fingerprint density at radius 3 is 2.83 bits per heavy atom. The Kier molecular flexibility index (Phi) is 4.73. The summed E-state index contributed by atoms with van der Waals surface area (Å²) in [5.41, 5.74) is 0.210. The predicted octanol–water partition coefficient (Wildman–Crippen LogP) is 2.99. The summed E-state index contributed by atoms with van der Waals surface area (Å²) in [7, 11) is 0. The maximum absolute atomic E-state index is 12.5. The zero-order valence-electron chi connectivity index (χ0n) is 13.1. The van der Waals surface area contributed by atoms with Crippen LogP contribution in [0.2, 0.25) is 5.02 Å². The maximum Gasteiger partial charge on any atom is 0.342 e. The molecule has 0 aromatic heterocycles. The highest BCUT2D eigenvalue weighted by Gasteiger charge is 2.38. The minimum atomic E-state index is -0.695. The van der Waals surface area contributed by atoms with E-state index in [1.54, 1.807) is 19.1 Å². The van der Waals surface area contributed by atoms with Crippen LogP contribution in [0.3, 0.4) is 0 Å². The van der Waals surface area contributed by atoms with Crippen molar-refractivity contribution in [2.75, 3.05) is 0 Å². The number of hydrogen-bond donors (Lipinski definition) is 1. The Morgan fingerprint density at radius 1 is 1.25 bits per heavy atom. The van der Waals surface area contributed by atoms with Crippen LogP contribution in [0, 0.1) is 0 Å². The predicted molar refractivity (Wildman–Crippen MR) is 88.3 cm³/mol. The first-order chi connectivity index (χ1) is 11.5. The molecular weight excluding hydrogens is 332 g/mol. The van der Waals surface area contributed by atoms with Crippen LogP contribution < -0.4 is 0 Å². The van der Waals surface area contributed by atoms with Crippen LogP contribution in [0.4, 0.5) is 0 Å². The fourth-order valence-electron chi connectivity index (χ4n) is 2.71. The van der Waals surface area contributed by atoms with E-state index < -0.39 is 5.97 Å². The Morgan fingerprint density at radius 2 is 2.04 bits per heavy atom. The van der Waals surface area contributed by atoms with Gasteiger partial charge in [0.25, 0.3) is 0 Å². The largest absolute Gasteiger partial charge is 0.507 e. The molecule has 0 radical (unpaired) electrons. The lowest BCUT2D eigenvalue weighted by Crippen LogP contribution is -2.19. The highest BCUT2D eigenvalue weighted by molar-refractivity contribution is 6.32. The first-order valence-corrected chi connectivity index (χ1v) is 8.08. The summed E-state index contributed by atoms with van der Waals surface area (Å²) in [5, 5.41) is 10.3. The molecule has 126 valence electrons. The number of esters is 1. The SMILES string of the molecule is C[C@@H]1CC2O[C@@H]2/C=C\C=C\C(=O)Cc2c(Cl)ccc(O)c2C(=O)O1. The summed E-state index contributed by atoms with van der Waals surface area (Å²) in [4.78, 5) is 24.6. The second kappa shape index (κ2) is 6.79. The lowest BCUT2D eigenvalue weighted by molar-refractivity contribution is -0.114. The Hall–Kier alpha value is -2.11. The smallest absolute Gasteiger partial charge is 0.342 e. The molecule has 3 atom stereocenters. The molecule has 1 fully saturated rings. The number of hydrogen-bond acceptors (Lipinski definition) is 5. The summed E-state index contributed by atoms with van der Waals surface area (Å²) >= 11 is 6.13. The molecule has 1 aromatic carbocycles. The number of phenolic OH excluding ortho intramolecular Hbond substituents is 1. The molecule has 1 N–H and O–H groups in total. The summed E-state index contributed by atoms with van der Waals surface area (Å²) in [6.07, 6.45) is 6.69. The average molecular weight is 349 g/mol. The van der Waals surface area contributed by atoms with E-state index in [1.807, 2.05) is 6.08 Å². The van der Waals surface area contributed by atoms with Crippen molar-refractivity contribution in [2.45, 2.75) is 38.1 Å². The normalized spacial score (nSPS) is 29.7. The molecule has 1 aromatic rings. The highest BCUT2D eigenvalue weighted by Crippen LogP contribution is 2.32. The summed E-state index contributed by atoms with van der Waals surface area (Å²) in [5.74, 6) is -1.19. The van der Waals surface area contributed by atoms with Crippen LogP contribution in [0.15, 0.2) is 36.4 Å². The third kappa shape index (κ3) is 3.68. The number of rotatable bonds is 0. The highest BCUT2D eigenvalue weighted by atomic mass is 35.5. The molecule has 3 rings (SSSR count). The van der Waals surface area contributed by atoms with Gasteiger partial charge < -0.3 is 14.6 Å². The second-order valence-electron chi connectivity index (χ2n) is 5.90. The van der Waals surface area contributed by atoms with E-state index in [0.717, 1.165) is 0 Å². The molecule has 1 unspecified atom stereocenters. The number of carbonyl (C=O) groups excluding carboxylic acids is 2. The van der Waals surface area contributed by atoms with E-state index in [1.165, 1.54) is 18.2 Å². The summed E-state index contributed by atoms with van der Waals surface area (Å²) < 4.78 is 10.9. The van der Waals surface area contributed by atoms with Gasteiger partial charge in [0.15, 0.2) is 5.78 Å². The molecule has 2 heterocycles. The molecule has 0 spiro atoms. The lowest BCUT2D eigenvalue weighted by atomic mass is 10.0. The van der Waals surface area contributed by atoms with E-state index in [-0.39, 0.29) is 52.4 Å².